The summed E-state index contributed by atoms with van der Waals surface area (Å²) in [6.07, 6.45) is -2.87. The van der Waals surface area contributed by atoms with E-state index < -0.39 is 77.6 Å². The molecular weight excluding hydrogens is 396 g/mol. The number of phenolic OH excluding ortho intramolecular Hbond substituents is 1. The van der Waals surface area contributed by atoms with Crippen LogP contribution < -0.4 is 10.9 Å². The van der Waals surface area contributed by atoms with E-state index in [-0.39, 0.29) is 5.39 Å². The van der Waals surface area contributed by atoms with Crippen molar-refractivity contribution in [1.82, 2.24) is 5.32 Å². The van der Waals surface area contributed by atoms with Crippen LogP contribution in [-0.4, -0.2) is 63.9 Å². The van der Waals surface area contributed by atoms with Crippen molar-refractivity contribution in [3.63, 3.8) is 0 Å². The Balaban J connectivity index is 2.29. The molecule has 0 radical (unpaired) electrons. The maximum Gasteiger partial charge on any atom is 0.349 e. The van der Waals surface area contributed by atoms with Gasteiger partial charge in [0.25, 0.3) is 5.91 Å². The van der Waals surface area contributed by atoms with Crippen LogP contribution in [0.25, 0.3) is 11.0 Å². The smallest absolute Gasteiger partial charge is 0.349 e. The van der Waals surface area contributed by atoms with Crippen LogP contribution in [0.15, 0.2) is 21.3 Å². The van der Waals surface area contributed by atoms with Crippen molar-refractivity contribution in [3.05, 3.63) is 39.8 Å². The van der Waals surface area contributed by atoms with Gasteiger partial charge < -0.3 is 34.9 Å². The number of rotatable bonds is 8. The lowest BCUT2D eigenvalue weighted by atomic mass is 10.1. The zero-order chi connectivity index (χ0) is 21.9. The maximum atomic E-state index is 13.8. The van der Waals surface area contributed by atoms with Crippen molar-refractivity contribution in [2.45, 2.75) is 38.2 Å². The number of aliphatic hydroxyl groups excluding tert-OH is 3. The number of aromatic hydroxyl groups is 1. The summed E-state index contributed by atoms with van der Waals surface area (Å²) in [6, 6.07) is 0.532. The fourth-order valence-electron chi connectivity index (χ4n) is 2.58. The average Bonchev–Trinajstić information content (AvgIpc) is 2.68. The molecule has 2 rings (SSSR count). The second-order valence-electron chi connectivity index (χ2n) is 6.45. The summed E-state index contributed by atoms with van der Waals surface area (Å²) in [5.74, 6) is -5.12. The van der Waals surface area contributed by atoms with Crippen LogP contribution in [0.3, 0.4) is 0 Å². The standard InChI is InChI=1S/C18H21F2NO8/c1-7(24)13(6-23)28-8(2)12(5-22)21-17(26)10-3-9-4-11(19)15(25)14(20)16(9)29-18(10)27/h3-4,7-8,12-13,22-25H,5-6H2,1-2H3,(H,21,26)/t7-,8?,12-,13?/m1/s1. The number of halogens is 2. The molecule has 9 nitrogen and oxygen atoms in total. The van der Waals surface area contributed by atoms with E-state index in [1.807, 2.05) is 0 Å². The third kappa shape index (κ3) is 4.88. The van der Waals surface area contributed by atoms with Gasteiger partial charge in [-0.2, -0.15) is 4.39 Å². The Morgan fingerprint density at radius 2 is 1.90 bits per heavy atom. The normalized spacial score (nSPS) is 15.7. The second-order valence-corrected chi connectivity index (χ2v) is 6.45. The molecule has 0 bridgehead atoms. The maximum absolute atomic E-state index is 13.8. The summed E-state index contributed by atoms with van der Waals surface area (Å²) in [6.45, 7) is 1.73. The van der Waals surface area contributed by atoms with Crippen LogP contribution >= 0.6 is 0 Å². The predicted molar refractivity (Wildman–Crippen MR) is 95.5 cm³/mol. The molecule has 160 valence electrons. The lowest BCUT2D eigenvalue weighted by Gasteiger charge is -2.28. The molecule has 0 aliphatic rings. The Morgan fingerprint density at radius 1 is 1.24 bits per heavy atom. The number of ether oxygens (including phenoxy) is 1. The number of carbonyl (C=O) groups is 1. The number of nitrogens with one attached hydrogen (secondary N) is 1. The van der Waals surface area contributed by atoms with Gasteiger partial charge in [0.05, 0.1) is 31.5 Å². The van der Waals surface area contributed by atoms with E-state index >= 15 is 0 Å². The van der Waals surface area contributed by atoms with Crippen molar-refractivity contribution in [2.24, 2.45) is 0 Å². The van der Waals surface area contributed by atoms with E-state index in [0.29, 0.717) is 6.07 Å². The Bertz CT molecular complexity index is 946. The van der Waals surface area contributed by atoms with E-state index in [0.717, 1.165) is 6.07 Å². The van der Waals surface area contributed by atoms with E-state index in [1.165, 1.54) is 13.8 Å². The lowest BCUT2D eigenvalue weighted by molar-refractivity contribution is -0.0990. The van der Waals surface area contributed by atoms with Crippen LogP contribution in [-0.2, 0) is 4.74 Å². The van der Waals surface area contributed by atoms with Gasteiger partial charge in [0.1, 0.15) is 11.7 Å². The molecule has 4 atom stereocenters. The molecule has 1 heterocycles. The molecule has 11 heteroatoms. The lowest BCUT2D eigenvalue weighted by Crippen LogP contribution is -2.49. The van der Waals surface area contributed by atoms with Crippen LogP contribution in [0.5, 0.6) is 5.75 Å². The van der Waals surface area contributed by atoms with Crippen molar-refractivity contribution in [2.75, 3.05) is 13.2 Å². The van der Waals surface area contributed by atoms with Crippen LogP contribution in [0.4, 0.5) is 8.78 Å². The second kappa shape index (κ2) is 9.27. The van der Waals surface area contributed by atoms with Gasteiger partial charge in [-0.3, -0.25) is 4.79 Å². The molecule has 0 saturated heterocycles. The molecule has 1 aromatic heterocycles. The van der Waals surface area contributed by atoms with E-state index in [4.69, 9.17) is 9.15 Å². The van der Waals surface area contributed by atoms with Gasteiger partial charge in [0, 0.05) is 5.39 Å². The van der Waals surface area contributed by atoms with Crippen molar-refractivity contribution in [3.8, 4) is 5.75 Å². The van der Waals surface area contributed by atoms with Gasteiger partial charge in [-0.25, -0.2) is 9.18 Å². The van der Waals surface area contributed by atoms with Gasteiger partial charge >= 0.3 is 5.63 Å². The zero-order valence-electron chi connectivity index (χ0n) is 15.6. The van der Waals surface area contributed by atoms with Gasteiger partial charge in [-0.05, 0) is 26.0 Å². The summed E-state index contributed by atoms with van der Waals surface area (Å²) >= 11 is 0. The van der Waals surface area contributed by atoms with Crippen molar-refractivity contribution < 1.29 is 43.2 Å². The number of phenols is 1. The SMILES string of the molecule is CC(OC(CO)[C@@H](C)O)[C@@H](CO)NC(=O)c1cc2cc(F)c(O)c(F)c2oc1=O. The largest absolute Gasteiger partial charge is 0.503 e. The third-order valence-corrected chi connectivity index (χ3v) is 4.32. The number of hydrogen-bond donors (Lipinski definition) is 5. The number of aliphatic hydroxyl groups is 3. The molecule has 0 aliphatic heterocycles. The third-order valence-electron chi connectivity index (χ3n) is 4.32. The molecular formula is C18H21F2NO8. The highest BCUT2D eigenvalue weighted by Gasteiger charge is 2.27. The van der Waals surface area contributed by atoms with Gasteiger partial charge in [-0.15, -0.1) is 0 Å². The van der Waals surface area contributed by atoms with Crippen molar-refractivity contribution >= 4 is 16.9 Å². The highest BCUT2D eigenvalue weighted by molar-refractivity contribution is 5.97. The Hall–Kier alpha value is -2.60. The molecule has 2 unspecified atom stereocenters. The first-order valence-corrected chi connectivity index (χ1v) is 8.61. The zero-order valence-corrected chi connectivity index (χ0v) is 15.6. The monoisotopic (exact) mass is 417 g/mol. The number of fused-ring (bicyclic) bond motifs is 1. The Morgan fingerprint density at radius 3 is 2.45 bits per heavy atom. The summed E-state index contributed by atoms with van der Waals surface area (Å²) in [5, 5.41) is 39.5. The van der Waals surface area contributed by atoms with Gasteiger partial charge in [0.2, 0.25) is 5.82 Å². The highest BCUT2D eigenvalue weighted by atomic mass is 19.1. The van der Waals surface area contributed by atoms with Crippen molar-refractivity contribution in [1.29, 1.82) is 0 Å². The Kier molecular flexibility index (Phi) is 7.25. The summed E-state index contributed by atoms with van der Waals surface area (Å²) in [4.78, 5) is 24.5. The first-order valence-electron chi connectivity index (χ1n) is 8.61. The van der Waals surface area contributed by atoms with Gasteiger partial charge in [0.15, 0.2) is 17.1 Å². The molecule has 0 aliphatic carbocycles. The van der Waals surface area contributed by atoms with E-state index in [9.17, 15) is 38.8 Å². The minimum absolute atomic E-state index is 0.276. The molecule has 2 aromatic rings. The van der Waals surface area contributed by atoms with Crippen LogP contribution in [0.2, 0.25) is 0 Å². The summed E-state index contributed by atoms with van der Waals surface area (Å²) in [5.41, 5.74) is -2.56. The fourth-order valence-corrected chi connectivity index (χ4v) is 2.58. The number of hydrogen-bond acceptors (Lipinski definition) is 8. The topological polar surface area (TPSA) is 149 Å². The molecule has 0 spiro atoms. The minimum atomic E-state index is -1.48. The van der Waals surface area contributed by atoms with Gasteiger partial charge in [-0.1, -0.05) is 0 Å². The molecule has 5 N–H and O–H groups in total. The average molecular weight is 417 g/mol. The first-order chi connectivity index (χ1) is 13.6. The fraction of sp³-hybridized carbons (Fsp3) is 0.444. The summed E-state index contributed by atoms with van der Waals surface area (Å²) < 4.78 is 37.5. The van der Waals surface area contributed by atoms with E-state index in [1.54, 1.807) is 0 Å². The summed E-state index contributed by atoms with van der Waals surface area (Å²) in [7, 11) is 0. The number of amides is 1. The predicted octanol–water partition coefficient (Wildman–Crippen LogP) is 0.0143. The molecule has 0 fully saturated rings. The quantitative estimate of drug-likeness (QED) is 0.377. The van der Waals surface area contributed by atoms with Crippen LogP contribution in [0.1, 0.15) is 24.2 Å². The molecule has 1 aromatic carbocycles. The Labute approximate surface area is 163 Å². The highest BCUT2D eigenvalue weighted by Crippen LogP contribution is 2.28. The van der Waals surface area contributed by atoms with Crippen LogP contribution in [0, 0.1) is 11.6 Å². The number of carbonyl (C=O) groups excluding carboxylic acids is 1. The molecule has 29 heavy (non-hydrogen) atoms. The minimum Gasteiger partial charge on any atom is -0.503 e. The van der Waals surface area contributed by atoms with E-state index in [2.05, 4.69) is 5.32 Å². The molecule has 1 amide bonds. The molecule has 0 saturated carbocycles. The first kappa shape index (κ1) is 22.7. The number of benzene rings is 1.